The molecule has 2 aliphatic carbocycles. The molecule has 2 rings (SSSR count). The van der Waals surface area contributed by atoms with Crippen molar-refractivity contribution in [1.82, 2.24) is 0 Å². The van der Waals surface area contributed by atoms with E-state index in [0.717, 1.165) is 37.0 Å². The van der Waals surface area contributed by atoms with E-state index in [-0.39, 0.29) is 5.78 Å². The highest BCUT2D eigenvalue weighted by molar-refractivity contribution is 7.52. The number of hydrogen-bond donors (Lipinski definition) is 2. The first-order valence-electron chi connectivity index (χ1n) is 7.18. The summed E-state index contributed by atoms with van der Waals surface area (Å²) in [7, 11) is -4.16. The summed E-state index contributed by atoms with van der Waals surface area (Å²) in [6, 6.07) is 0. The molecule has 0 amide bonds. The van der Waals surface area contributed by atoms with Crippen molar-refractivity contribution in [2.45, 2.75) is 44.9 Å². The fraction of sp³-hybridized carbons (Fsp3) is 0.786. The molecule has 3 atom stereocenters. The molecule has 2 aliphatic rings. The maximum atomic E-state index is 11.3. The second-order valence-electron chi connectivity index (χ2n) is 6.00. The van der Waals surface area contributed by atoms with Crippen LogP contribution in [-0.4, -0.2) is 21.7 Å². The molecule has 0 radical (unpaired) electrons. The van der Waals surface area contributed by atoms with Gasteiger partial charge in [-0.25, -0.2) is 0 Å². The van der Waals surface area contributed by atoms with Crippen LogP contribution in [0.15, 0.2) is 12.2 Å². The fourth-order valence-corrected chi connectivity index (χ4v) is 4.06. The number of hydrogen-bond acceptors (Lipinski definition) is 2. The van der Waals surface area contributed by atoms with Crippen LogP contribution >= 0.6 is 7.60 Å². The molecular formula is C14H23O4P. The second kappa shape index (κ2) is 6.34. The molecule has 3 unspecified atom stereocenters. The van der Waals surface area contributed by atoms with Gasteiger partial charge < -0.3 is 9.79 Å². The molecule has 19 heavy (non-hydrogen) atoms. The summed E-state index contributed by atoms with van der Waals surface area (Å²) in [6.45, 7) is 0. The van der Waals surface area contributed by atoms with E-state index in [1.807, 2.05) is 0 Å². The summed E-state index contributed by atoms with van der Waals surface area (Å²) < 4.78 is 10.6. The molecular weight excluding hydrogens is 263 g/mol. The van der Waals surface area contributed by atoms with E-state index in [4.69, 9.17) is 9.79 Å². The molecule has 5 heteroatoms. The SMILES string of the molecule is O=C(CCCCCC1CC2C=CC1C2)CP(=O)(O)O. The maximum absolute atomic E-state index is 11.3. The second-order valence-corrected chi connectivity index (χ2v) is 7.65. The molecule has 0 aromatic rings. The Morgan fingerprint density at radius 1 is 1.16 bits per heavy atom. The zero-order valence-corrected chi connectivity index (χ0v) is 12.1. The third-order valence-corrected chi connectivity index (χ3v) is 5.09. The molecule has 0 heterocycles. The van der Waals surface area contributed by atoms with Crippen molar-refractivity contribution in [3.05, 3.63) is 12.2 Å². The topological polar surface area (TPSA) is 74.6 Å². The van der Waals surface area contributed by atoms with Crippen molar-refractivity contribution in [2.75, 3.05) is 6.16 Å². The predicted octanol–water partition coefficient (Wildman–Crippen LogP) is 2.90. The number of rotatable bonds is 8. The van der Waals surface area contributed by atoms with E-state index >= 15 is 0 Å². The number of carbonyl (C=O) groups is 1. The highest BCUT2D eigenvalue weighted by atomic mass is 31.2. The molecule has 0 aliphatic heterocycles. The summed E-state index contributed by atoms with van der Waals surface area (Å²) in [5.41, 5.74) is 0. The van der Waals surface area contributed by atoms with Gasteiger partial charge in [0.15, 0.2) is 0 Å². The number of Topliss-reactive ketones (excluding diaryl/α,β-unsaturated/α-hetero) is 1. The summed E-state index contributed by atoms with van der Waals surface area (Å²) in [6.07, 6.45) is 11.2. The lowest BCUT2D eigenvalue weighted by Gasteiger charge is -2.17. The smallest absolute Gasteiger partial charge is 0.324 e. The van der Waals surface area contributed by atoms with Gasteiger partial charge in [-0.3, -0.25) is 9.36 Å². The Balaban J connectivity index is 1.52. The number of unbranched alkanes of at least 4 members (excludes halogenated alkanes) is 2. The standard InChI is InChI=1S/C14H23O4P/c15-14(10-19(16,17)18)5-3-1-2-4-12-8-11-6-7-13(12)9-11/h6-7,11-13H,1-5,8-10H2,(H2,16,17,18). The van der Waals surface area contributed by atoms with Gasteiger partial charge in [-0.05, 0) is 43.4 Å². The van der Waals surface area contributed by atoms with Crippen LogP contribution in [0.3, 0.4) is 0 Å². The van der Waals surface area contributed by atoms with Gasteiger partial charge in [0.25, 0.3) is 0 Å². The molecule has 0 aromatic carbocycles. The Bertz CT molecular complexity index is 398. The molecule has 0 saturated heterocycles. The van der Waals surface area contributed by atoms with Crippen molar-refractivity contribution in [1.29, 1.82) is 0 Å². The number of fused-ring (bicyclic) bond motifs is 2. The minimum Gasteiger partial charge on any atom is -0.324 e. The van der Waals surface area contributed by atoms with Crippen LogP contribution < -0.4 is 0 Å². The summed E-state index contributed by atoms with van der Waals surface area (Å²) in [4.78, 5) is 28.6. The summed E-state index contributed by atoms with van der Waals surface area (Å²) >= 11 is 0. The molecule has 2 N–H and O–H groups in total. The van der Waals surface area contributed by atoms with Gasteiger partial charge in [0.1, 0.15) is 11.9 Å². The van der Waals surface area contributed by atoms with Crippen molar-refractivity contribution in [2.24, 2.45) is 17.8 Å². The van der Waals surface area contributed by atoms with Crippen LogP contribution in [0.2, 0.25) is 0 Å². The Hall–Kier alpha value is -0.440. The molecule has 1 fully saturated rings. The van der Waals surface area contributed by atoms with Gasteiger partial charge >= 0.3 is 7.60 Å². The van der Waals surface area contributed by atoms with Crippen LogP contribution in [0, 0.1) is 17.8 Å². The highest BCUT2D eigenvalue weighted by Crippen LogP contribution is 2.45. The van der Waals surface area contributed by atoms with E-state index in [1.165, 1.54) is 19.3 Å². The lowest BCUT2D eigenvalue weighted by molar-refractivity contribution is -0.117. The minimum absolute atomic E-state index is 0.307. The van der Waals surface area contributed by atoms with E-state index in [9.17, 15) is 9.36 Å². The molecule has 108 valence electrons. The van der Waals surface area contributed by atoms with Crippen molar-refractivity contribution in [3.63, 3.8) is 0 Å². The normalized spacial score (nSPS) is 29.1. The molecule has 1 saturated carbocycles. The lowest BCUT2D eigenvalue weighted by Crippen LogP contribution is -2.07. The van der Waals surface area contributed by atoms with E-state index < -0.39 is 13.8 Å². The first kappa shape index (κ1) is 15.0. The van der Waals surface area contributed by atoms with Gasteiger partial charge in [0.2, 0.25) is 0 Å². The van der Waals surface area contributed by atoms with Gasteiger partial charge in [0.05, 0.1) is 0 Å². The van der Waals surface area contributed by atoms with Crippen LogP contribution in [-0.2, 0) is 9.36 Å². The molecule has 4 nitrogen and oxygen atoms in total. The fourth-order valence-electron chi connectivity index (χ4n) is 3.44. The molecule has 2 bridgehead atoms. The largest absolute Gasteiger partial charge is 0.332 e. The van der Waals surface area contributed by atoms with E-state index in [1.54, 1.807) is 0 Å². The summed E-state index contributed by atoms with van der Waals surface area (Å²) in [5, 5.41) is 0. The molecule has 0 spiro atoms. The number of allylic oxidation sites excluding steroid dienone is 2. The maximum Gasteiger partial charge on any atom is 0.332 e. The van der Waals surface area contributed by atoms with Crippen molar-refractivity contribution < 1.29 is 19.1 Å². The Morgan fingerprint density at radius 2 is 1.95 bits per heavy atom. The van der Waals surface area contributed by atoms with Crippen LogP contribution in [0.1, 0.15) is 44.9 Å². The number of ketones is 1. The van der Waals surface area contributed by atoms with E-state index in [0.29, 0.717) is 6.42 Å². The quantitative estimate of drug-likeness (QED) is 0.409. The lowest BCUT2D eigenvalue weighted by atomic mass is 9.88. The average molecular weight is 286 g/mol. The van der Waals surface area contributed by atoms with Gasteiger partial charge in [-0.15, -0.1) is 0 Å². The zero-order valence-electron chi connectivity index (χ0n) is 11.2. The predicted molar refractivity (Wildman–Crippen MR) is 73.8 cm³/mol. The van der Waals surface area contributed by atoms with Gasteiger partial charge in [-0.2, -0.15) is 0 Å². The third-order valence-electron chi connectivity index (χ3n) is 4.33. The zero-order chi connectivity index (χ0) is 13.9. The van der Waals surface area contributed by atoms with Crippen LogP contribution in [0.4, 0.5) is 0 Å². The number of carbonyl (C=O) groups excluding carboxylic acids is 1. The Morgan fingerprint density at radius 3 is 2.53 bits per heavy atom. The van der Waals surface area contributed by atoms with Gasteiger partial charge in [0, 0.05) is 6.42 Å². The van der Waals surface area contributed by atoms with Gasteiger partial charge in [-0.1, -0.05) is 25.0 Å². The minimum atomic E-state index is -4.16. The summed E-state index contributed by atoms with van der Waals surface area (Å²) in [5.74, 6) is 2.14. The van der Waals surface area contributed by atoms with Crippen molar-refractivity contribution >= 4 is 13.4 Å². The van der Waals surface area contributed by atoms with Crippen LogP contribution in [0.25, 0.3) is 0 Å². The Labute approximate surface area is 114 Å². The Kier molecular flexibility index (Phi) is 4.99. The van der Waals surface area contributed by atoms with E-state index in [2.05, 4.69) is 12.2 Å². The average Bonchev–Trinajstić information content (AvgIpc) is 2.87. The van der Waals surface area contributed by atoms with Crippen LogP contribution in [0.5, 0.6) is 0 Å². The first-order chi connectivity index (χ1) is 8.94. The molecule has 0 aromatic heterocycles. The monoisotopic (exact) mass is 286 g/mol. The third kappa shape index (κ3) is 4.87. The van der Waals surface area contributed by atoms with Crippen molar-refractivity contribution in [3.8, 4) is 0 Å². The first-order valence-corrected chi connectivity index (χ1v) is 8.98. The highest BCUT2D eigenvalue weighted by Gasteiger charge is 2.34.